The SMILES string of the molecule is COc1cc(/C=C(/Sc2nnc(C)o2)C(=O)O)cc(Br)c1[O-]. The van der Waals surface area contributed by atoms with E-state index in [1.165, 1.54) is 25.3 Å². The first-order valence-corrected chi connectivity index (χ1v) is 7.49. The van der Waals surface area contributed by atoms with Crippen molar-refractivity contribution in [2.45, 2.75) is 12.1 Å². The van der Waals surface area contributed by atoms with E-state index in [0.29, 0.717) is 11.5 Å². The van der Waals surface area contributed by atoms with Gasteiger partial charge in [0.05, 0.1) is 7.11 Å². The van der Waals surface area contributed by atoms with Crippen molar-refractivity contribution in [3.05, 3.63) is 33.0 Å². The molecule has 0 aliphatic rings. The van der Waals surface area contributed by atoms with Gasteiger partial charge < -0.3 is 19.4 Å². The molecular formula is C13H10BrN2O5S-. The van der Waals surface area contributed by atoms with Gasteiger partial charge in [-0.05, 0) is 35.5 Å². The third-order valence-electron chi connectivity index (χ3n) is 2.47. The number of carboxylic acids is 1. The average molecular weight is 386 g/mol. The van der Waals surface area contributed by atoms with E-state index in [1.54, 1.807) is 6.92 Å². The molecule has 2 rings (SSSR count). The normalized spacial score (nSPS) is 11.5. The molecule has 0 fully saturated rings. The number of nitrogens with zero attached hydrogens (tertiary/aromatic N) is 2. The van der Waals surface area contributed by atoms with Gasteiger partial charge in [-0.3, -0.25) is 0 Å². The average Bonchev–Trinajstić information content (AvgIpc) is 2.87. The maximum absolute atomic E-state index is 11.7. The molecule has 0 aliphatic carbocycles. The van der Waals surface area contributed by atoms with Crippen molar-refractivity contribution >= 4 is 39.7 Å². The summed E-state index contributed by atoms with van der Waals surface area (Å²) in [6.45, 7) is 1.61. The fourth-order valence-electron chi connectivity index (χ4n) is 1.52. The van der Waals surface area contributed by atoms with Crippen LogP contribution in [0.5, 0.6) is 11.5 Å². The van der Waals surface area contributed by atoms with Crippen LogP contribution in [0.4, 0.5) is 0 Å². The molecule has 0 atom stereocenters. The Morgan fingerprint density at radius 3 is 2.77 bits per heavy atom. The van der Waals surface area contributed by atoms with Crippen LogP contribution < -0.4 is 9.84 Å². The standard InChI is InChI=1S/C13H11BrN2O5S/c1-6-15-16-13(21-6)22-10(12(18)19)5-7-3-8(14)11(17)9(4-7)20-2/h3-5,17H,1-2H3,(H,18,19)/p-1/b10-5+. The summed E-state index contributed by atoms with van der Waals surface area (Å²) in [6.07, 6.45) is 1.39. The van der Waals surface area contributed by atoms with Gasteiger partial charge in [0.15, 0.2) is 0 Å². The second-order valence-electron chi connectivity index (χ2n) is 4.04. The highest BCUT2D eigenvalue weighted by molar-refractivity contribution is 9.10. The number of hydrogen-bond acceptors (Lipinski definition) is 7. The van der Waals surface area contributed by atoms with Crippen LogP contribution in [0, 0.1) is 6.92 Å². The summed E-state index contributed by atoms with van der Waals surface area (Å²) in [6, 6.07) is 2.96. The van der Waals surface area contributed by atoms with Crippen molar-refractivity contribution in [2.24, 2.45) is 0 Å². The lowest BCUT2D eigenvalue weighted by Crippen LogP contribution is -1.99. The summed E-state index contributed by atoms with van der Waals surface area (Å²) in [5.74, 6) is -1.00. The monoisotopic (exact) mass is 385 g/mol. The molecular weight excluding hydrogens is 376 g/mol. The minimum atomic E-state index is -1.15. The van der Waals surface area contributed by atoms with E-state index in [9.17, 15) is 15.0 Å². The number of rotatable bonds is 5. The zero-order valence-corrected chi connectivity index (χ0v) is 13.9. The summed E-state index contributed by atoms with van der Waals surface area (Å²) in [5.41, 5.74) is 0.490. The lowest BCUT2D eigenvalue weighted by molar-refractivity contribution is -0.271. The molecule has 0 aliphatic heterocycles. The Balaban J connectivity index is 2.38. The van der Waals surface area contributed by atoms with Crippen molar-refractivity contribution in [3.63, 3.8) is 0 Å². The largest absolute Gasteiger partial charge is 0.869 e. The molecule has 9 heteroatoms. The predicted octanol–water partition coefficient (Wildman–Crippen LogP) is 2.44. The molecule has 1 heterocycles. The molecule has 1 N–H and O–H groups in total. The van der Waals surface area contributed by atoms with Gasteiger partial charge in [0.25, 0.3) is 5.22 Å². The summed E-state index contributed by atoms with van der Waals surface area (Å²) in [7, 11) is 1.37. The molecule has 2 aromatic rings. The zero-order chi connectivity index (χ0) is 16.3. The summed E-state index contributed by atoms with van der Waals surface area (Å²) < 4.78 is 10.4. The molecule has 0 bridgehead atoms. The van der Waals surface area contributed by atoms with Gasteiger partial charge in [-0.1, -0.05) is 21.7 Å². The molecule has 0 spiro atoms. The number of hydrogen-bond donors (Lipinski definition) is 1. The number of aliphatic carboxylic acids is 1. The van der Waals surface area contributed by atoms with Gasteiger partial charge in [0, 0.05) is 11.4 Å². The van der Waals surface area contributed by atoms with E-state index in [0.717, 1.165) is 11.8 Å². The molecule has 0 amide bonds. The molecule has 22 heavy (non-hydrogen) atoms. The number of ether oxygens (including phenoxy) is 1. The number of carbonyl (C=O) groups is 1. The fraction of sp³-hybridized carbons (Fsp3) is 0.154. The van der Waals surface area contributed by atoms with Crippen molar-refractivity contribution in [3.8, 4) is 11.5 Å². The van der Waals surface area contributed by atoms with Crippen LogP contribution in [-0.2, 0) is 4.79 Å². The van der Waals surface area contributed by atoms with E-state index >= 15 is 0 Å². The summed E-state index contributed by atoms with van der Waals surface area (Å²) in [4.78, 5) is 11.3. The molecule has 1 aromatic heterocycles. The lowest BCUT2D eigenvalue weighted by Gasteiger charge is -2.15. The molecule has 7 nitrogen and oxygen atoms in total. The second-order valence-corrected chi connectivity index (χ2v) is 5.88. The summed E-state index contributed by atoms with van der Waals surface area (Å²) >= 11 is 3.94. The number of halogens is 1. The maximum Gasteiger partial charge on any atom is 0.342 e. The highest BCUT2D eigenvalue weighted by atomic mass is 79.9. The highest BCUT2D eigenvalue weighted by Crippen LogP contribution is 2.35. The fourth-order valence-corrected chi connectivity index (χ4v) is 2.70. The molecule has 1 aromatic carbocycles. The van der Waals surface area contributed by atoms with Crippen molar-refractivity contribution in [1.29, 1.82) is 0 Å². The van der Waals surface area contributed by atoms with Crippen LogP contribution >= 0.6 is 27.7 Å². The smallest absolute Gasteiger partial charge is 0.342 e. The number of aromatic nitrogens is 2. The van der Waals surface area contributed by atoms with Crippen molar-refractivity contribution in [2.75, 3.05) is 7.11 Å². The number of aryl methyl sites for hydroxylation is 1. The van der Waals surface area contributed by atoms with Gasteiger partial charge in [-0.25, -0.2) is 4.79 Å². The Morgan fingerprint density at radius 2 is 2.23 bits per heavy atom. The van der Waals surface area contributed by atoms with Crippen LogP contribution in [-0.4, -0.2) is 28.4 Å². The van der Waals surface area contributed by atoms with Gasteiger partial charge in [-0.2, -0.15) is 0 Å². The van der Waals surface area contributed by atoms with Crippen LogP contribution in [0.3, 0.4) is 0 Å². The number of methoxy groups -OCH3 is 1. The molecule has 0 radical (unpaired) electrons. The van der Waals surface area contributed by atoms with Crippen LogP contribution in [0.2, 0.25) is 0 Å². The first-order chi connectivity index (χ1) is 10.4. The van der Waals surface area contributed by atoms with Crippen molar-refractivity contribution in [1.82, 2.24) is 10.2 Å². The van der Waals surface area contributed by atoms with Crippen LogP contribution in [0.25, 0.3) is 6.08 Å². The Morgan fingerprint density at radius 1 is 1.50 bits per heavy atom. The van der Waals surface area contributed by atoms with Crippen LogP contribution in [0.15, 0.2) is 31.2 Å². The molecule has 0 saturated carbocycles. The molecule has 0 unspecified atom stereocenters. The highest BCUT2D eigenvalue weighted by Gasteiger charge is 2.14. The van der Waals surface area contributed by atoms with E-state index in [4.69, 9.17) is 9.15 Å². The quantitative estimate of drug-likeness (QED) is 0.617. The van der Waals surface area contributed by atoms with E-state index in [-0.39, 0.29) is 26.1 Å². The van der Waals surface area contributed by atoms with Gasteiger partial charge in [0.1, 0.15) is 10.7 Å². The van der Waals surface area contributed by atoms with E-state index in [2.05, 4.69) is 26.1 Å². The van der Waals surface area contributed by atoms with Gasteiger partial charge >= 0.3 is 5.97 Å². The third-order valence-corrected chi connectivity index (χ3v) is 3.91. The maximum atomic E-state index is 11.7. The predicted molar refractivity (Wildman–Crippen MR) is 80.6 cm³/mol. The van der Waals surface area contributed by atoms with Crippen molar-refractivity contribution < 1.29 is 24.2 Å². The Labute approximate surface area is 138 Å². The van der Waals surface area contributed by atoms with Gasteiger partial charge in [0.2, 0.25) is 5.89 Å². The number of carboxylic acid groups (broad SMARTS) is 1. The first-order valence-electron chi connectivity index (χ1n) is 5.88. The van der Waals surface area contributed by atoms with Gasteiger partial charge in [-0.15, -0.1) is 10.2 Å². The Bertz CT molecular complexity index is 744. The lowest BCUT2D eigenvalue weighted by atomic mass is 10.2. The molecule has 116 valence electrons. The summed E-state index contributed by atoms with van der Waals surface area (Å²) in [5, 5.41) is 28.5. The zero-order valence-electron chi connectivity index (χ0n) is 11.5. The van der Waals surface area contributed by atoms with E-state index in [1.807, 2.05) is 0 Å². The minimum absolute atomic E-state index is 0.0312. The van der Waals surface area contributed by atoms with Crippen LogP contribution in [0.1, 0.15) is 11.5 Å². The second kappa shape index (κ2) is 6.84. The molecule has 0 saturated heterocycles. The Kier molecular flexibility index (Phi) is 5.09. The number of benzene rings is 1. The topological polar surface area (TPSA) is 109 Å². The first kappa shape index (κ1) is 16.4. The number of thioether (sulfide) groups is 1. The third kappa shape index (κ3) is 3.80. The Hall–Kier alpha value is -2.00. The van der Waals surface area contributed by atoms with E-state index < -0.39 is 5.97 Å². The minimum Gasteiger partial charge on any atom is -0.869 e.